The SMILES string of the molecule is CN1C(CNC2CCCC(C(=O)N[C@H]3COC4CC(F)CCC43)C2)NNC1C1CCNCC1. The number of rotatable bonds is 6. The highest BCUT2D eigenvalue weighted by Crippen LogP contribution is 2.36. The fraction of sp³-hybridized carbons (Fsp3) is 0.958. The van der Waals surface area contributed by atoms with E-state index in [0.29, 0.717) is 37.6 Å². The number of fused-ring (bicyclic) bond motifs is 1. The molecule has 7 unspecified atom stereocenters. The Balaban J connectivity index is 1.06. The van der Waals surface area contributed by atoms with Crippen molar-refractivity contribution in [2.45, 2.75) is 94.5 Å². The summed E-state index contributed by atoms with van der Waals surface area (Å²) < 4.78 is 19.5. The quantitative estimate of drug-likeness (QED) is 0.397. The van der Waals surface area contributed by atoms with Crippen LogP contribution in [0.15, 0.2) is 0 Å². The number of halogens is 1. The van der Waals surface area contributed by atoms with Gasteiger partial charge in [-0.25, -0.2) is 15.2 Å². The highest BCUT2D eigenvalue weighted by atomic mass is 19.1. The number of alkyl halides is 1. The number of nitrogens with one attached hydrogen (secondary N) is 5. The molecule has 5 fully saturated rings. The summed E-state index contributed by atoms with van der Waals surface area (Å²) >= 11 is 0. The molecule has 3 saturated heterocycles. The lowest BCUT2D eigenvalue weighted by Gasteiger charge is -2.34. The zero-order chi connectivity index (χ0) is 22.8. The first-order valence-electron chi connectivity index (χ1n) is 13.3. The minimum absolute atomic E-state index is 0.0157. The van der Waals surface area contributed by atoms with Gasteiger partial charge in [-0.15, -0.1) is 0 Å². The van der Waals surface area contributed by atoms with Crippen molar-refractivity contribution >= 4 is 5.91 Å². The molecule has 8 atom stereocenters. The zero-order valence-corrected chi connectivity index (χ0v) is 20.0. The van der Waals surface area contributed by atoms with Crippen LogP contribution in [0, 0.1) is 17.8 Å². The van der Waals surface area contributed by atoms with Crippen molar-refractivity contribution in [3.05, 3.63) is 0 Å². The monoisotopic (exact) mass is 466 g/mol. The Hall–Kier alpha value is -0.840. The van der Waals surface area contributed by atoms with E-state index in [0.717, 1.165) is 51.7 Å². The molecular weight excluding hydrogens is 423 g/mol. The summed E-state index contributed by atoms with van der Waals surface area (Å²) in [6.07, 6.45) is 8.27. The van der Waals surface area contributed by atoms with Gasteiger partial charge in [0.2, 0.25) is 5.91 Å². The van der Waals surface area contributed by atoms with Crippen LogP contribution in [0.4, 0.5) is 4.39 Å². The van der Waals surface area contributed by atoms with Crippen molar-refractivity contribution in [3.8, 4) is 0 Å². The molecule has 5 rings (SSSR count). The van der Waals surface area contributed by atoms with Crippen molar-refractivity contribution in [1.82, 2.24) is 31.7 Å². The van der Waals surface area contributed by atoms with E-state index in [4.69, 9.17) is 4.74 Å². The van der Waals surface area contributed by atoms with Gasteiger partial charge in [0.05, 0.1) is 31.1 Å². The third-order valence-corrected chi connectivity index (χ3v) is 8.92. The number of ether oxygens (including phenoxy) is 1. The molecule has 3 aliphatic heterocycles. The van der Waals surface area contributed by atoms with Crippen LogP contribution in [0.1, 0.15) is 57.8 Å². The van der Waals surface area contributed by atoms with Gasteiger partial charge in [-0.05, 0) is 71.0 Å². The number of hydrazine groups is 1. The van der Waals surface area contributed by atoms with Crippen LogP contribution in [0.5, 0.6) is 0 Å². The van der Waals surface area contributed by atoms with Crippen LogP contribution in [-0.4, -0.2) is 80.8 Å². The lowest BCUT2D eigenvalue weighted by molar-refractivity contribution is -0.127. The van der Waals surface area contributed by atoms with Gasteiger partial charge in [-0.1, -0.05) is 6.42 Å². The fourth-order valence-corrected chi connectivity index (χ4v) is 6.83. The summed E-state index contributed by atoms with van der Waals surface area (Å²) in [7, 11) is 2.20. The summed E-state index contributed by atoms with van der Waals surface area (Å²) in [5, 5.41) is 10.5. The minimum Gasteiger partial charge on any atom is -0.376 e. The molecule has 0 bridgehead atoms. The molecule has 2 aliphatic carbocycles. The molecule has 3 heterocycles. The van der Waals surface area contributed by atoms with Crippen molar-refractivity contribution in [2.75, 3.05) is 33.3 Å². The Kier molecular flexibility index (Phi) is 7.84. The fourth-order valence-electron chi connectivity index (χ4n) is 6.83. The van der Waals surface area contributed by atoms with Crippen LogP contribution < -0.4 is 26.8 Å². The third kappa shape index (κ3) is 5.54. The highest BCUT2D eigenvalue weighted by molar-refractivity contribution is 5.79. The van der Waals surface area contributed by atoms with Crippen molar-refractivity contribution in [1.29, 1.82) is 0 Å². The first kappa shape index (κ1) is 23.9. The first-order valence-corrected chi connectivity index (χ1v) is 13.3. The maximum atomic E-state index is 13.7. The summed E-state index contributed by atoms with van der Waals surface area (Å²) in [6.45, 7) is 3.62. The van der Waals surface area contributed by atoms with Crippen LogP contribution in [0.3, 0.4) is 0 Å². The van der Waals surface area contributed by atoms with Gasteiger partial charge in [-0.3, -0.25) is 9.69 Å². The Labute approximate surface area is 197 Å². The van der Waals surface area contributed by atoms with Crippen LogP contribution >= 0.6 is 0 Å². The van der Waals surface area contributed by atoms with E-state index >= 15 is 0 Å². The number of nitrogens with zero attached hydrogens (tertiary/aromatic N) is 1. The second-order valence-electron chi connectivity index (χ2n) is 11.0. The lowest BCUT2D eigenvalue weighted by Crippen LogP contribution is -2.50. The molecule has 0 radical (unpaired) electrons. The molecular formula is C24H43FN6O2. The van der Waals surface area contributed by atoms with Crippen molar-refractivity contribution < 1.29 is 13.9 Å². The Morgan fingerprint density at radius 2 is 1.94 bits per heavy atom. The van der Waals surface area contributed by atoms with E-state index in [1.807, 2.05) is 0 Å². The average molecular weight is 467 g/mol. The molecule has 9 heteroatoms. The third-order valence-electron chi connectivity index (χ3n) is 8.92. The molecule has 0 aromatic rings. The number of hydrogen-bond donors (Lipinski definition) is 5. The largest absolute Gasteiger partial charge is 0.376 e. The Morgan fingerprint density at radius 3 is 2.79 bits per heavy atom. The van der Waals surface area contributed by atoms with E-state index in [9.17, 15) is 9.18 Å². The molecule has 8 nitrogen and oxygen atoms in total. The number of likely N-dealkylation sites (N-methyl/N-ethyl adjacent to an activating group) is 1. The number of amides is 1. The predicted molar refractivity (Wildman–Crippen MR) is 125 cm³/mol. The topological polar surface area (TPSA) is 89.7 Å². The summed E-state index contributed by atoms with van der Waals surface area (Å²) in [5.41, 5.74) is 6.99. The Bertz CT molecular complexity index is 665. The van der Waals surface area contributed by atoms with Crippen LogP contribution in [0.2, 0.25) is 0 Å². The molecule has 1 amide bonds. The van der Waals surface area contributed by atoms with Crippen LogP contribution in [0.25, 0.3) is 0 Å². The molecule has 0 aromatic heterocycles. The molecule has 0 spiro atoms. The molecule has 0 aromatic carbocycles. The summed E-state index contributed by atoms with van der Waals surface area (Å²) in [4.78, 5) is 15.5. The van der Waals surface area contributed by atoms with Gasteiger partial charge >= 0.3 is 0 Å². The maximum Gasteiger partial charge on any atom is 0.223 e. The smallest absolute Gasteiger partial charge is 0.223 e. The summed E-state index contributed by atoms with van der Waals surface area (Å²) in [5.74, 6) is 1.18. The number of carbonyl (C=O) groups excluding carboxylic acids is 1. The van der Waals surface area contributed by atoms with Crippen molar-refractivity contribution in [2.24, 2.45) is 17.8 Å². The van der Waals surface area contributed by atoms with Gasteiger partial charge in [0.1, 0.15) is 6.17 Å². The molecule has 2 saturated carbocycles. The summed E-state index contributed by atoms with van der Waals surface area (Å²) in [6, 6.07) is 0.426. The molecule has 33 heavy (non-hydrogen) atoms. The number of carbonyl (C=O) groups is 1. The molecule has 188 valence electrons. The van der Waals surface area contributed by atoms with Gasteiger partial charge in [-0.2, -0.15) is 0 Å². The zero-order valence-electron chi connectivity index (χ0n) is 20.0. The second-order valence-corrected chi connectivity index (χ2v) is 11.0. The number of hydrogen-bond acceptors (Lipinski definition) is 7. The number of piperidine rings is 1. The minimum atomic E-state index is -0.746. The van der Waals surface area contributed by atoms with E-state index in [1.54, 1.807) is 0 Å². The van der Waals surface area contributed by atoms with Crippen LogP contribution in [-0.2, 0) is 9.53 Å². The van der Waals surface area contributed by atoms with E-state index in [-0.39, 0.29) is 36.1 Å². The predicted octanol–water partition coefficient (Wildman–Crippen LogP) is 0.848. The van der Waals surface area contributed by atoms with Gasteiger partial charge in [0, 0.05) is 30.8 Å². The average Bonchev–Trinajstić information content (AvgIpc) is 3.41. The van der Waals surface area contributed by atoms with Gasteiger partial charge in [0.25, 0.3) is 0 Å². The first-order chi connectivity index (χ1) is 16.1. The van der Waals surface area contributed by atoms with E-state index in [2.05, 4.69) is 38.7 Å². The Morgan fingerprint density at radius 1 is 1.09 bits per heavy atom. The maximum absolute atomic E-state index is 13.7. The van der Waals surface area contributed by atoms with Crippen molar-refractivity contribution in [3.63, 3.8) is 0 Å². The van der Waals surface area contributed by atoms with Gasteiger partial charge < -0.3 is 20.7 Å². The normalized spacial score (nSPS) is 42.8. The molecule has 5 aliphatic rings. The van der Waals surface area contributed by atoms with E-state index < -0.39 is 6.17 Å². The standard InChI is InChI=1S/C24H43FN6O2/c1-31-22(29-30-23(31)15-7-9-26-10-8-15)13-27-18-4-2-3-16(11-18)24(32)28-20-14-33-21-12-17(25)5-6-19(20)21/h15-23,26-27,29-30H,2-14H2,1H3,(H,28,32)/t16?,17?,18?,19?,20-,21?,22?,23?/m0/s1. The van der Waals surface area contributed by atoms with E-state index in [1.165, 1.54) is 12.8 Å². The van der Waals surface area contributed by atoms with Gasteiger partial charge in [0.15, 0.2) is 0 Å². The molecule has 5 N–H and O–H groups in total. The highest BCUT2D eigenvalue weighted by Gasteiger charge is 2.43. The second kappa shape index (κ2) is 10.8. The lowest BCUT2D eigenvalue weighted by atomic mass is 9.81.